The normalized spacial score (nSPS) is 21.1. The third-order valence-electron chi connectivity index (χ3n) is 10.8. The van der Waals surface area contributed by atoms with Gasteiger partial charge in [-0.05, 0) is 87.5 Å². The highest BCUT2D eigenvalue weighted by Crippen LogP contribution is 2.51. The summed E-state index contributed by atoms with van der Waals surface area (Å²) < 4.78 is 73.4. The number of nitrogens with one attached hydrogen (secondary N) is 1. The predicted molar refractivity (Wildman–Crippen MR) is 220 cm³/mol. The maximum Gasteiger partial charge on any atom is 0.305 e. The van der Waals surface area contributed by atoms with Crippen molar-refractivity contribution in [3.8, 4) is 23.0 Å². The first-order valence-electron chi connectivity index (χ1n) is 19.4. The lowest BCUT2D eigenvalue weighted by Crippen LogP contribution is -2.37. The number of carbonyl (C=O) groups excluding carboxylic acids is 1. The first-order valence-corrected chi connectivity index (χ1v) is 20.8. The van der Waals surface area contributed by atoms with Crippen LogP contribution in [0.15, 0.2) is 120 Å². The number of hydrogen-bond donors (Lipinski definition) is 2. The predicted octanol–water partition coefficient (Wildman–Crippen LogP) is 5.64. The smallest absolute Gasteiger partial charge is 0.305 e. The Morgan fingerprint density at radius 2 is 1.52 bits per heavy atom. The van der Waals surface area contributed by atoms with Crippen LogP contribution >= 0.6 is 0 Å². The summed E-state index contributed by atoms with van der Waals surface area (Å²) in [7, 11) is -1.02. The minimum atomic E-state index is -4.14. The number of benzene rings is 4. The zero-order valence-corrected chi connectivity index (χ0v) is 34.6. The van der Waals surface area contributed by atoms with Gasteiger partial charge in [0.25, 0.3) is 5.91 Å². The van der Waals surface area contributed by atoms with Gasteiger partial charge >= 0.3 is 5.79 Å². The van der Waals surface area contributed by atoms with E-state index in [9.17, 15) is 13.2 Å². The summed E-state index contributed by atoms with van der Waals surface area (Å²) in [4.78, 5) is 27.0. The Hall–Kier alpha value is -6.53. The van der Waals surface area contributed by atoms with E-state index in [0.717, 1.165) is 5.56 Å². The minimum Gasteiger partial charge on any atom is -0.497 e. The molecule has 0 aliphatic carbocycles. The number of hydrogen-bond acceptors (Lipinski definition) is 14. The van der Waals surface area contributed by atoms with Gasteiger partial charge in [-0.3, -0.25) is 9.36 Å². The van der Waals surface area contributed by atoms with E-state index in [-0.39, 0.29) is 39.2 Å². The summed E-state index contributed by atoms with van der Waals surface area (Å²) >= 11 is 0. The van der Waals surface area contributed by atoms with Gasteiger partial charge in [-0.2, -0.15) is 0 Å². The average Bonchev–Trinajstić information content (AvgIpc) is 4.03. The third-order valence-corrected chi connectivity index (χ3v) is 12.5. The molecule has 61 heavy (non-hydrogen) atoms. The lowest BCUT2D eigenvalue weighted by Gasteiger charge is -2.29. The highest BCUT2D eigenvalue weighted by molar-refractivity contribution is 7.91. The second-order valence-corrected chi connectivity index (χ2v) is 17.1. The zero-order chi connectivity index (χ0) is 42.7. The van der Waals surface area contributed by atoms with Crippen molar-refractivity contribution in [1.29, 1.82) is 0 Å². The molecule has 4 aromatic carbocycles. The van der Waals surface area contributed by atoms with E-state index in [0.29, 0.717) is 33.8 Å². The van der Waals surface area contributed by atoms with E-state index in [1.54, 1.807) is 97.9 Å². The van der Waals surface area contributed by atoms with Crippen LogP contribution in [-0.2, 0) is 29.8 Å². The Kier molecular flexibility index (Phi) is 9.93. The molecule has 2 fully saturated rings. The molecule has 314 valence electrons. The summed E-state index contributed by atoms with van der Waals surface area (Å²) in [5.41, 5.74) is 8.91. The lowest BCUT2D eigenvalue weighted by atomic mass is 9.97. The fraction of sp³-hybridized carbons (Fsp3) is 0.273. The fourth-order valence-electron chi connectivity index (χ4n) is 7.77. The molecule has 9 rings (SSSR count). The van der Waals surface area contributed by atoms with Crippen LogP contribution in [-0.4, -0.2) is 78.7 Å². The number of nitrogen functional groups attached to an aromatic ring is 1. The SMILES string of the molecule is COc1ccc(C2(c3ccc(OC)cc3)Oc3cc(S(=O)(=O)c4ccc(C)cc4)cc(C(=O)NCC=C[C@H]4O[C@@H](n5cnc6c(N)ncnc65)[C@H]5OC(C)(C)OC45)c3O2)cc1. The van der Waals surface area contributed by atoms with Gasteiger partial charge in [0.2, 0.25) is 9.84 Å². The van der Waals surface area contributed by atoms with E-state index >= 15 is 0 Å². The minimum absolute atomic E-state index is 0.0232. The van der Waals surface area contributed by atoms with Gasteiger partial charge in [-0.15, -0.1) is 0 Å². The molecular formula is C44H42N6O10S. The van der Waals surface area contributed by atoms with E-state index in [1.807, 2.05) is 20.8 Å². The molecule has 2 aromatic heterocycles. The molecule has 3 aliphatic rings. The number of fused-ring (bicyclic) bond motifs is 3. The number of rotatable bonds is 11. The first kappa shape index (κ1) is 39.9. The number of aromatic nitrogens is 4. The Bertz CT molecular complexity index is 2730. The fourth-order valence-corrected chi connectivity index (χ4v) is 9.07. The third kappa shape index (κ3) is 7.08. The first-order chi connectivity index (χ1) is 29.3. The van der Waals surface area contributed by atoms with Gasteiger partial charge in [0.1, 0.15) is 41.7 Å². The van der Waals surface area contributed by atoms with Gasteiger partial charge in [-0.25, -0.2) is 23.4 Å². The van der Waals surface area contributed by atoms with Crippen molar-refractivity contribution in [2.24, 2.45) is 0 Å². The molecule has 2 saturated heterocycles. The Morgan fingerprint density at radius 3 is 2.18 bits per heavy atom. The Labute approximate surface area is 351 Å². The van der Waals surface area contributed by atoms with E-state index < -0.39 is 51.9 Å². The molecule has 17 heteroatoms. The molecule has 3 N–H and O–H groups in total. The molecule has 1 amide bonds. The molecule has 1 unspecified atom stereocenters. The second kappa shape index (κ2) is 15.2. The van der Waals surface area contributed by atoms with Crippen molar-refractivity contribution in [1.82, 2.24) is 24.8 Å². The van der Waals surface area contributed by atoms with Crippen molar-refractivity contribution in [2.45, 2.75) is 66.7 Å². The summed E-state index contributed by atoms with van der Waals surface area (Å²) in [6, 6.07) is 23.3. The summed E-state index contributed by atoms with van der Waals surface area (Å²) in [6.45, 7) is 5.54. The number of ether oxygens (including phenoxy) is 7. The lowest BCUT2D eigenvalue weighted by molar-refractivity contribution is -0.191. The number of imidazole rings is 1. The Balaban J connectivity index is 1.04. The number of carbonyl (C=O) groups is 1. The highest BCUT2D eigenvalue weighted by Gasteiger charge is 2.55. The average molecular weight is 847 g/mol. The molecule has 0 spiro atoms. The van der Waals surface area contributed by atoms with Gasteiger partial charge in [0, 0.05) is 23.7 Å². The van der Waals surface area contributed by atoms with Crippen LogP contribution in [0.2, 0.25) is 0 Å². The maximum atomic E-state index is 14.3. The second-order valence-electron chi connectivity index (χ2n) is 15.2. The molecule has 6 aromatic rings. The number of anilines is 1. The standard InChI is InChI=1S/C44H42N6O10S/c1-25-8-18-30(19-9-25)61(52,53)31-21-32(36-34(22-31)57-44(60-36,26-10-14-28(54-4)15-11-26)27-12-16-29(55-5)17-13-27)41(51)46-20-6-7-33-37-38(59-43(2,3)58-37)42(56-33)50-24-49-35-39(45)47-23-48-40(35)50/h6-19,21-24,33,37-38,42H,20H2,1-5H3,(H,46,51)(H2,45,47,48)/t33-,37?,38+,42-/m1/s1. The zero-order valence-electron chi connectivity index (χ0n) is 33.8. The van der Waals surface area contributed by atoms with Crippen molar-refractivity contribution in [2.75, 3.05) is 26.5 Å². The van der Waals surface area contributed by atoms with Crippen LogP contribution in [0.1, 0.15) is 47.1 Å². The van der Waals surface area contributed by atoms with Gasteiger partial charge < -0.3 is 44.2 Å². The molecule has 16 nitrogen and oxygen atoms in total. The highest BCUT2D eigenvalue weighted by atomic mass is 32.2. The van der Waals surface area contributed by atoms with Crippen LogP contribution < -0.4 is 30.0 Å². The quantitative estimate of drug-likeness (QED) is 0.152. The molecule has 0 bridgehead atoms. The molecule has 5 heterocycles. The molecule has 4 atom stereocenters. The van der Waals surface area contributed by atoms with Crippen LogP contribution in [0.5, 0.6) is 23.0 Å². The molecule has 0 saturated carbocycles. The van der Waals surface area contributed by atoms with Crippen LogP contribution in [0.3, 0.4) is 0 Å². The summed E-state index contributed by atoms with van der Waals surface area (Å²) in [5.74, 6) is -1.60. The van der Waals surface area contributed by atoms with Crippen molar-refractivity contribution in [3.05, 3.63) is 132 Å². The number of aryl methyl sites for hydroxylation is 1. The maximum absolute atomic E-state index is 14.3. The number of amides is 1. The van der Waals surface area contributed by atoms with Gasteiger partial charge in [-0.1, -0.05) is 29.8 Å². The number of nitrogens with two attached hydrogens (primary N) is 1. The van der Waals surface area contributed by atoms with Crippen molar-refractivity contribution in [3.63, 3.8) is 0 Å². The van der Waals surface area contributed by atoms with E-state index in [4.69, 9.17) is 38.9 Å². The summed E-state index contributed by atoms with van der Waals surface area (Å²) in [5, 5.41) is 2.90. The Morgan fingerprint density at radius 1 is 0.869 bits per heavy atom. The van der Waals surface area contributed by atoms with Crippen LogP contribution in [0, 0.1) is 6.92 Å². The molecular weight excluding hydrogens is 805 g/mol. The monoisotopic (exact) mass is 846 g/mol. The number of nitrogens with zero attached hydrogens (tertiary/aromatic N) is 4. The van der Waals surface area contributed by atoms with Crippen LogP contribution in [0.4, 0.5) is 5.82 Å². The molecule has 0 radical (unpaired) electrons. The van der Waals surface area contributed by atoms with Crippen molar-refractivity contribution >= 4 is 32.7 Å². The van der Waals surface area contributed by atoms with Crippen molar-refractivity contribution < 1.29 is 46.4 Å². The van der Waals surface area contributed by atoms with Gasteiger partial charge in [0.15, 0.2) is 35.0 Å². The summed E-state index contributed by atoms with van der Waals surface area (Å²) in [6.07, 6.45) is 4.16. The molecule has 3 aliphatic heterocycles. The largest absolute Gasteiger partial charge is 0.497 e. The van der Waals surface area contributed by atoms with Gasteiger partial charge in [0.05, 0.1) is 35.9 Å². The number of sulfone groups is 1. The van der Waals surface area contributed by atoms with E-state index in [1.165, 1.54) is 30.6 Å². The van der Waals surface area contributed by atoms with E-state index in [2.05, 4.69) is 20.3 Å². The topological polar surface area (TPSA) is 197 Å². The number of methoxy groups -OCH3 is 2. The van der Waals surface area contributed by atoms with Crippen LogP contribution in [0.25, 0.3) is 11.2 Å².